The molecule has 0 aromatic heterocycles. The van der Waals surface area contributed by atoms with Crippen LogP contribution in [0, 0.1) is 12.3 Å². The zero-order valence-electron chi connectivity index (χ0n) is 19.4. The van der Waals surface area contributed by atoms with E-state index in [1.807, 2.05) is 0 Å². The van der Waals surface area contributed by atoms with E-state index in [-0.39, 0.29) is 25.1 Å². The normalized spacial score (nSPS) is 22.5. The summed E-state index contributed by atoms with van der Waals surface area (Å²) in [7, 11) is -4.84. The quantitative estimate of drug-likeness (QED) is 0.657. The number of carbonyl (C=O) groups is 2. The highest BCUT2D eigenvalue weighted by Crippen LogP contribution is 2.52. The van der Waals surface area contributed by atoms with Crippen LogP contribution in [0.25, 0.3) is 0 Å². The molecule has 2 aliphatic rings. The van der Waals surface area contributed by atoms with Crippen molar-refractivity contribution in [3.63, 3.8) is 0 Å². The van der Waals surface area contributed by atoms with Crippen molar-refractivity contribution in [2.75, 3.05) is 0 Å². The second-order valence-electron chi connectivity index (χ2n) is 9.81. The maximum atomic E-state index is 14.9. The highest BCUT2D eigenvalue weighted by molar-refractivity contribution is 7.89. The number of carbonyl (C=O) groups excluding carboxylic acids is 2. The zero-order valence-corrected chi connectivity index (χ0v) is 20.3. The summed E-state index contributed by atoms with van der Waals surface area (Å²) < 4.78 is 72.5. The van der Waals surface area contributed by atoms with Gasteiger partial charge >= 0.3 is 6.18 Å². The molecule has 0 spiro atoms. The van der Waals surface area contributed by atoms with Crippen LogP contribution in [-0.2, 0) is 26.2 Å². The van der Waals surface area contributed by atoms with Crippen molar-refractivity contribution in [3.8, 4) is 0 Å². The predicted molar refractivity (Wildman–Crippen MR) is 122 cm³/mol. The molecule has 1 heterocycles. The molecule has 2 aromatic carbocycles. The van der Waals surface area contributed by atoms with Crippen LogP contribution in [0.1, 0.15) is 37.8 Å². The van der Waals surface area contributed by atoms with Gasteiger partial charge in [-0.05, 0) is 36.5 Å². The highest BCUT2D eigenvalue weighted by Gasteiger charge is 2.72. The van der Waals surface area contributed by atoms with Crippen molar-refractivity contribution in [1.82, 2.24) is 9.62 Å². The Morgan fingerprint density at radius 3 is 2.14 bits per heavy atom. The van der Waals surface area contributed by atoms with Gasteiger partial charge < -0.3 is 4.90 Å². The lowest BCUT2D eigenvalue weighted by Gasteiger charge is -2.35. The van der Waals surface area contributed by atoms with Crippen molar-refractivity contribution in [1.29, 1.82) is 0 Å². The first-order chi connectivity index (χ1) is 16.2. The molecule has 6 nitrogen and oxygen atoms in total. The number of nitrogens with one attached hydrogen (secondary N) is 1. The molecule has 1 aliphatic heterocycles. The molecule has 0 saturated carbocycles. The maximum Gasteiger partial charge on any atom is 0.421 e. The fourth-order valence-electron chi connectivity index (χ4n) is 4.70. The molecule has 0 saturated heterocycles. The summed E-state index contributed by atoms with van der Waals surface area (Å²) >= 11 is 0. The summed E-state index contributed by atoms with van der Waals surface area (Å²) in [5.74, 6) is -2.43. The number of rotatable bonds is 5. The van der Waals surface area contributed by atoms with Crippen LogP contribution >= 0.6 is 0 Å². The van der Waals surface area contributed by atoms with E-state index in [4.69, 9.17) is 0 Å². The summed E-state index contributed by atoms with van der Waals surface area (Å²) in [6.07, 6.45) is -5.65. The topological polar surface area (TPSA) is 83.6 Å². The number of aryl methyl sites for hydroxylation is 1. The van der Waals surface area contributed by atoms with Crippen LogP contribution in [0.2, 0.25) is 0 Å². The first-order valence-corrected chi connectivity index (χ1v) is 12.5. The number of nitrogens with zero attached hydrogens (tertiary/aromatic N) is 1. The van der Waals surface area contributed by atoms with Crippen LogP contribution in [0.15, 0.2) is 70.8 Å². The maximum absolute atomic E-state index is 14.9. The van der Waals surface area contributed by atoms with E-state index >= 15 is 0 Å². The number of hydrogen-bond acceptors (Lipinski definition) is 4. The van der Waals surface area contributed by atoms with E-state index in [0.29, 0.717) is 11.1 Å². The van der Waals surface area contributed by atoms with E-state index in [9.17, 15) is 31.2 Å². The number of hydrogen-bond donors (Lipinski definition) is 1. The second kappa shape index (κ2) is 8.30. The van der Waals surface area contributed by atoms with E-state index in [1.165, 1.54) is 12.1 Å². The van der Waals surface area contributed by atoms with Crippen LogP contribution in [0.5, 0.6) is 0 Å². The Kier molecular flexibility index (Phi) is 5.96. The molecule has 10 heteroatoms. The number of amides is 1. The third-order valence-corrected chi connectivity index (χ3v) is 7.81. The standard InChI is InChI=1S/C25H25F3N2O4S/c1-16-9-11-18(12-10-16)35(33,34)29-24(25(26,27)28)21-19(13-23(2,3)14-20(21)31)30(22(24)32)15-17-7-5-4-6-8-17/h4-12,29H,13-15H2,1-3H3. The molecule has 0 radical (unpaired) electrons. The molecule has 186 valence electrons. The summed E-state index contributed by atoms with van der Waals surface area (Å²) in [5, 5.41) is 0. The summed E-state index contributed by atoms with van der Waals surface area (Å²) in [6.45, 7) is 4.92. The number of ketones is 1. The molecule has 4 rings (SSSR count). The molecule has 1 atom stereocenters. The lowest BCUT2D eigenvalue weighted by Crippen LogP contribution is -2.66. The first kappa shape index (κ1) is 25.1. The van der Waals surface area contributed by atoms with Crippen molar-refractivity contribution in [2.24, 2.45) is 5.41 Å². The van der Waals surface area contributed by atoms with Crippen molar-refractivity contribution in [3.05, 3.63) is 77.0 Å². The first-order valence-electron chi connectivity index (χ1n) is 11.0. The van der Waals surface area contributed by atoms with Gasteiger partial charge in [0.1, 0.15) is 0 Å². The minimum atomic E-state index is -5.41. The molecule has 2 aromatic rings. The molecular weight excluding hydrogens is 481 g/mol. The number of alkyl halides is 3. The number of allylic oxidation sites excluding steroid dienone is 1. The van der Waals surface area contributed by atoms with Gasteiger partial charge in [0.05, 0.1) is 17.0 Å². The fraction of sp³-hybridized carbons (Fsp3) is 0.360. The monoisotopic (exact) mass is 506 g/mol. The van der Waals surface area contributed by atoms with Crippen LogP contribution in [0.3, 0.4) is 0 Å². The Bertz CT molecular complexity index is 1320. The van der Waals surface area contributed by atoms with Gasteiger partial charge in [-0.1, -0.05) is 61.9 Å². The van der Waals surface area contributed by atoms with Gasteiger partial charge in [0.25, 0.3) is 5.91 Å². The summed E-state index contributed by atoms with van der Waals surface area (Å²) in [6, 6.07) is 13.6. The van der Waals surface area contributed by atoms with Gasteiger partial charge in [-0.2, -0.15) is 17.9 Å². The van der Waals surface area contributed by atoms with Crippen LogP contribution in [-0.4, -0.2) is 36.7 Å². The third kappa shape index (κ3) is 4.29. The largest absolute Gasteiger partial charge is 0.421 e. The molecule has 35 heavy (non-hydrogen) atoms. The minimum absolute atomic E-state index is 0.0107. The Balaban J connectivity index is 1.92. The highest BCUT2D eigenvalue weighted by atomic mass is 32.2. The van der Waals surface area contributed by atoms with Crippen LogP contribution < -0.4 is 4.72 Å². The molecule has 1 unspecified atom stereocenters. The predicted octanol–water partition coefficient (Wildman–Crippen LogP) is 4.26. The number of halogens is 3. The van der Waals surface area contributed by atoms with E-state index < -0.39 is 49.3 Å². The molecule has 1 aliphatic carbocycles. The lowest BCUT2D eigenvalue weighted by molar-refractivity contribution is -0.189. The summed E-state index contributed by atoms with van der Waals surface area (Å²) in [5.41, 5.74) is -4.10. The van der Waals surface area contributed by atoms with Gasteiger partial charge in [-0.25, -0.2) is 8.42 Å². The Morgan fingerprint density at radius 1 is 0.971 bits per heavy atom. The smallest absolute Gasteiger partial charge is 0.309 e. The number of benzene rings is 2. The minimum Gasteiger partial charge on any atom is -0.309 e. The molecule has 1 amide bonds. The van der Waals surface area contributed by atoms with Gasteiger partial charge in [-0.15, -0.1) is 0 Å². The van der Waals surface area contributed by atoms with E-state index in [1.54, 1.807) is 55.8 Å². The lowest BCUT2D eigenvalue weighted by atomic mass is 9.72. The van der Waals surface area contributed by atoms with Crippen molar-refractivity contribution < 1.29 is 31.2 Å². The van der Waals surface area contributed by atoms with Crippen LogP contribution in [0.4, 0.5) is 13.2 Å². The van der Waals surface area contributed by atoms with Gasteiger partial charge in [0.2, 0.25) is 15.6 Å². The van der Waals surface area contributed by atoms with Gasteiger partial charge in [0, 0.05) is 12.1 Å². The second-order valence-corrected chi connectivity index (χ2v) is 11.5. The molecule has 0 bridgehead atoms. The fourth-order valence-corrected chi connectivity index (χ4v) is 6.02. The SMILES string of the molecule is Cc1ccc(S(=O)(=O)NC2(C(F)(F)F)C(=O)N(Cc3ccccc3)C3=C2C(=O)CC(C)(C)C3)cc1. The Labute approximate surface area is 201 Å². The van der Waals surface area contributed by atoms with Gasteiger partial charge in [-0.3, -0.25) is 9.59 Å². The van der Waals surface area contributed by atoms with Gasteiger partial charge in [0.15, 0.2) is 5.78 Å². The Morgan fingerprint density at radius 2 is 1.57 bits per heavy atom. The number of Topliss-reactive ketones (excluding diaryl/α,β-unsaturated/α-hetero) is 1. The van der Waals surface area contributed by atoms with E-state index in [0.717, 1.165) is 17.0 Å². The zero-order chi connectivity index (χ0) is 25.8. The molecule has 0 fully saturated rings. The van der Waals surface area contributed by atoms with Crippen molar-refractivity contribution in [2.45, 2.75) is 56.8 Å². The number of sulfonamides is 1. The average Bonchev–Trinajstić information content (AvgIpc) is 2.96. The van der Waals surface area contributed by atoms with Crippen molar-refractivity contribution >= 4 is 21.7 Å². The molecule has 1 N–H and O–H groups in total. The third-order valence-electron chi connectivity index (χ3n) is 6.35. The van der Waals surface area contributed by atoms with E-state index in [2.05, 4.69) is 0 Å². The average molecular weight is 507 g/mol. The Hall–Kier alpha value is -2.98. The summed E-state index contributed by atoms with van der Waals surface area (Å²) in [4.78, 5) is 27.3. The molecular formula is C25H25F3N2O4S.